The maximum atomic E-state index is 11.0. The van der Waals surface area contributed by atoms with Gasteiger partial charge in [-0.2, -0.15) is 0 Å². The van der Waals surface area contributed by atoms with Gasteiger partial charge in [0.1, 0.15) is 0 Å². The van der Waals surface area contributed by atoms with E-state index in [1.165, 1.54) is 0 Å². The molecule has 0 spiro atoms. The zero-order chi connectivity index (χ0) is 10.6. The average Bonchev–Trinajstić information content (AvgIpc) is 2.65. The molecule has 0 aliphatic heterocycles. The van der Waals surface area contributed by atoms with E-state index in [1.807, 2.05) is 24.3 Å². The summed E-state index contributed by atoms with van der Waals surface area (Å²) in [5.41, 5.74) is 2.19. The third-order valence-electron chi connectivity index (χ3n) is 1.89. The summed E-state index contributed by atoms with van der Waals surface area (Å²) < 4.78 is 4.95. The van der Waals surface area contributed by atoms with Crippen molar-refractivity contribution in [2.45, 2.75) is 13.5 Å². The average molecular weight is 198 g/mol. The molecule has 1 aromatic heterocycles. The molecule has 3 N–H and O–H groups in total. The number of hydrogen-bond donors (Lipinski definition) is 2. The second kappa shape index (κ2) is 4.73. The number of aromatic nitrogens is 1. The predicted molar refractivity (Wildman–Crippen MR) is 50.2 cm³/mol. The first-order valence-electron chi connectivity index (χ1n) is 4.32. The zero-order valence-electron chi connectivity index (χ0n) is 8.28. The fourth-order valence-electron chi connectivity index (χ4n) is 0.946. The smallest absolute Gasteiger partial charge is 0.287 e. The number of carbonyl (C=O) groups is 1. The van der Waals surface area contributed by atoms with Crippen molar-refractivity contribution < 1.29 is 9.32 Å². The molecule has 0 saturated heterocycles. The predicted octanol–water partition coefficient (Wildman–Crippen LogP) is -0.270. The Bertz CT molecular complexity index is 310. The number of hydrazine groups is 1. The molecule has 1 aromatic rings. The summed E-state index contributed by atoms with van der Waals surface area (Å²) in [6.45, 7) is 3.56. The lowest BCUT2D eigenvalue weighted by Gasteiger charge is -2.09. The number of nitrogens with two attached hydrogens (primary N) is 1. The van der Waals surface area contributed by atoms with Crippen LogP contribution in [-0.2, 0) is 6.54 Å². The van der Waals surface area contributed by atoms with E-state index < -0.39 is 5.91 Å². The molecule has 0 atom stereocenters. The summed E-state index contributed by atoms with van der Waals surface area (Å²) in [6, 6.07) is 1.58. The topological polar surface area (TPSA) is 84.4 Å². The van der Waals surface area contributed by atoms with Gasteiger partial charge in [-0.15, -0.1) is 0 Å². The highest BCUT2D eigenvalue weighted by Crippen LogP contribution is 2.05. The standard InChI is InChI=1S/C8H14N4O2/c1-3-12(2)5-6-4-7(11-14-6)8(13)10-9/h4H,3,5,9H2,1-2H3,(H,10,13). The van der Waals surface area contributed by atoms with Crippen LogP contribution in [0.3, 0.4) is 0 Å². The fraction of sp³-hybridized carbons (Fsp3) is 0.500. The molecule has 14 heavy (non-hydrogen) atoms. The summed E-state index contributed by atoms with van der Waals surface area (Å²) >= 11 is 0. The summed E-state index contributed by atoms with van der Waals surface area (Å²) in [5, 5.41) is 3.58. The molecule has 6 nitrogen and oxygen atoms in total. The lowest BCUT2D eigenvalue weighted by atomic mass is 10.3. The van der Waals surface area contributed by atoms with Crippen molar-refractivity contribution in [3.63, 3.8) is 0 Å². The summed E-state index contributed by atoms with van der Waals surface area (Å²) in [7, 11) is 1.95. The van der Waals surface area contributed by atoms with E-state index in [2.05, 4.69) is 5.16 Å². The fourth-order valence-corrected chi connectivity index (χ4v) is 0.946. The largest absolute Gasteiger partial charge is 0.359 e. The van der Waals surface area contributed by atoms with E-state index in [1.54, 1.807) is 6.07 Å². The SMILES string of the molecule is CCN(C)Cc1cc(C(=O)NN)no1. The van der Waals surface area contributed by atoms with Crippen molar-refractivity contribution in [3.8, 4) is 0 Å². The van der Waals surface area contributed by atoms with E-state index in [-0.39, 0.29) is 5.69 Å². The van der Waals surface area contributed by atoms with Gasteiger partial charge < -0.3 is 4.52 Å². The molecule has 1 rings (SSSR count). The molecule has 6 heteroatoms. The van der Waals surface area contributed by atoms with Crippen molar-refractivity contribution in [2.75, 3.05) is 13.6 Å². The van der Waals surface area contributed by atoms with Crippen LogP contribution in [0.5, 0.6) is 0 Å². The van der Waals surface area contributed by atoms with Gasteiger partial charge in [-0.25, -0.2) is 5.84 Å². The Labute approximate surface area is 82.0 Å². The normalized spacial score (nSPS) is 10.6. The molecule has 1 amide bonds. The maximum absolute atomic E-state index is 11.0. The maximum Gasteiger partial charge on any atom is 0.287 e. The second-order valence-electron chi connectivity index (χ2n) is 2.98. The Morgan fingerprint density at radius 2 is 2.50 bits per heavy atom. The third-order valence-corrected chi connectivity index (χ3v) is 1.89. The zero-order valence-corrected chi connectivity index (χ0v) is 8.28. The van der Waals surface area contributed by atoms with Gasteiger partial charge in [0.05, 0.1) is 6.54 Å². The highest BCUT2D eigenvalue weighted by Gasteiger charge is 2.11. The molecular weight excluding hydrogens is 184 g/mol. The Hall–Kier alpha value is -1.40. The minimum absolute atomic E-state index is 0.201. The monoisotopic (exact) mass is 198 g/mol. The van der Waals surface area contributed by atoms with Crippen molar-refractivity contribution in [1.29, 1.82) is 0 Å². The summed E-state index contributed by atoms with van der Waals surface area (Å²) in [5.74, 6) is 5.15. The highest BCUT2D eigenvalue weighted by atomic mass is 16.5. The van der Waals surface area contributed by atoms with E-state index in [9.17, 15) is 4.79 Å². The molecule has 78 valence electrons. The van der Waals surface area contributed by atoms with Crippen LogP contribution in [0.15, 0.2) is 10.6 Å². The number of nitrogens with zero attached hydrogens (tertiary/aromatic N) is 2. The molecule has 0 bridgehead atoms. The first kappa shape index (κ1) is 10.7. The Balaban J connectivity index is 2.63. The van der Waals surface area contributed by atoms with Crippen molar-refractivity contribution in [1.82, 2.24) is 15.5 Å². The summed E-state index contributed by atoms with van der Waals surface area (Å²) in [4.78, 5) is 13.0. The number of rotatable bonds is 4. The van der Waals surface area contributed by atoms with Crippen LogP contribution in [0.4, 0.5) is 0 Å². The first-order chi connectivity index (χ1) is 6.67. The van der Waals surface area contributed by atoms with E-state index >= 15 is 0 Å². The van der Waals surface area contributed by atoms with Crippen LogP contribution in [0.2, 0.25) is 0 Å². The molecule has 0 aliphatic carbocycles. The van der Waals surface area contributed by atoms with Crippen LogP contribution in [0.1, 0.15) is 23.2 Å². The molecule has 0 aromatic carbocycles. The Morgan fingerprint density at radius 1 is 1.79 bits per heavy atom. The van der Waals surface area contributed by atoms with Crippen LogP contribution >= 0.6 is 0 Å². The number of carbonyl (C=O) groups excluding carboxylic acids is 1. The van der Waals surface area contributed by atoms with E-state index in [0.29, 0.717) is 12.3 Å². The Kier molecular flexibility index (Phi) is 3.61. The highest BCUT2D eigenvalue weighted by molar-refractivity contribution is 5.91. The van der Waals surface area contributed by atoms with E-state index in [4.69, 9.17) is 10.4 Å². The van der Waals surface area contributed by atoms with Gasteiger partial charge in [-0.1, -0.05) is 12.1 Å². The molecule has 0 aliphatic rings. The second-order valence-corrected chi connectivity index (χ2v) is 2.98. The molecule has 1 heterocycles. The van der Waals surface area contributed by atoms with Crippen LogP contribution in [-0.4, -0.2) is 29.6 Å². The van der Waals surface area contributed by atoms with E-state index in [0.717, 1.165) is 6.54 Å². The van der Waals surface area contributed by atoms with Gasteiger partial charge in [0.25, 0.3) is 5.91 Å². The first-order valence-corrected chi connectivity index (χ1v) is 4.32. The van der Waals surface area contributed by atoms with Gasteiger partial charge in [-0.05, 0) is 13.6 Å². The van der Waals surface area contributed by atoms with Crippen molar-refractivity contribution >= 4 is 5.91 Å². The molecule has 0 unspecified atom stereocenters. The van der Waals surface area contributed by atoms with Gasteiger partial charge in [-0.3, -0.25) is 15.1 Å². The minimum Gasteiger partial charge on any atom is -0.359 e. The van der Waals surface area contributed by atoms with Gasteiger partial charge >= 0.3 is 0 Å². The molecule has 0 radical (unpaired) electrons. The number of amides is 1. The van der Waals surface area contributed by atoms with Crippen LogP contribution in [0.25, 0.3) is 0 Å². The number of nitrogen functional groups attached to an aromatic ring is 1. The number of nitrogens with one attached hydrogen (secondary N) is 1. The molecular formula is C8H14N4O2. The minimum atomic E-state index is -0.445. The van der Waals surface area contributed by atoms with Gasteiger partial charge in [0, 0.05) is 6.07 Å². The van der Waals surface area contributed by atoms with Crippen molar-refractivity contribution in [3.05, 3.63) is 17.5 Å². The van der Waals surface area contributed by atoms with Gasteiger partial charge in [0.15, 0.2) is 11.5 Å². The van der Waals surface area contributed by atoms with Crippen LogP contribution in [0, 0.1) is 0 Å². The molecule has 0 fully saturated rings. The van der Waals surface area contributed by atoms with Crippen LogP contribution < -0.4 is 11.3 Å². The van der Waals surface area contributed by atoms with Gasteiger partial charge in [0.2, 0.25) is 0 Å². The Morgan fingerprint density at radius 3 is 3.07 bits per heavy atom. The van der Waals surface area contributed by atoms with Crippen molar-refractivity contribution in [2.24, 2.45) is 5.84 Å². The summed E-state index contributed by atoms with van der Waals surface area (Å²) in [6.07, 6.45) is 0. The molecule has 0 saturated carbocycles. The number of hydrogen-bond acceptors (Lipinski definition) is 5. The lowest BCUT2D eigenvalue weighted by Crippen LogP contribution is -2.30. The quantitative estimate of drug-likeness (QED) is 0.395. The third kappa shape index (κ3) is 2.54. The lowest BCUT2D eigenvalue weighted by molar-refractivity contribution is 0.0944.